The van der Waals surface area contributed by atoms with Crippen molar-refractivity contribution in [1.29, 1.82) is 0 Å². The summed E-state index contributed by atoms with van der Waals surface area (Å²) in [6.07, 6.45) is 11.4. The highest BCUT2D eigenvalue weighted by Crippen LogP contribution is 2.36. The van der Waals surface area contributed by atoms with Crippen LogP contribution < -0.4 is 0 Å². The summed E-state index contributed by atoms with van der Waals surface area (Å²) >= 11 is 0. The molecule has 1 unspecified atom stereocenters. The van der Waals surface area contributed by atoms with Crippen molar-refractivity contribution in [2.75, 3.05) is 0 Å². The van der Waals surface area contributed by atoms with Crippen LogP contribution in [0.1, 0.15) is 18.7 Å². The molecule has 2 rings (SSSR count). The number of aromatic nitrogens is 2. The Kier molecular flexibility index (Phi) is 2.42. The summed E-state index contributed by atoms with van der Waals surface area (Å²) in [5.41, 5.74) is 3.57. The van der Waals surface area contributed by atoms with Gasteiger partial charge in [0.2, 0.25) is 0 Å². The molecule has 0 bridgehead atoms. The van der Waals surface area contributed by atoms with Gasteiger partial charge in [0.15, 0.2) is 0 Å². The summed E-state index contributed by atoms with van der Waals surface area (Å²) in [6.45, 7) is 9.69. The fourth-order valence-electron chi connectivity index (χ4n) is 1.97. The first kappa shape index (κ1) is 9.71. The van der Waals surface area contributed by atoms with Crippen molar-refractivity contribution in [3.63, 3.8) is 0 Å². The number of hydrogen-bond acceptors (Lipinski definition) is 1. The van der Waals surface area contributed by atoms with Gasteiger partial charge in [-0.2, -0.15) is 0 Å². The molecule has 0 saturated carbocycles. The molecule has 0 saturated heterocycles. The molecular formula is C13H14N2. The molecule has 2 heteroatoms. The third kappa shape index (κ3) is 1.38. The zero-order valence-electron chi connectivity index (χ0n) is 8.85. The number of fused-ring (bicyclic) bond motifs is 1. The van der Waals surface area contributed by atoms with Gasteiger partial charge in [0.05, 0.1) is 24.3 Å². The van der Waals surface area contributed by atoms with E-state index in [2.05, 4.69) is 35.7 Å². The van der Waals surface area contributed by atoms with Crippen molar-refractivity contribution >= 4 is 5.57 Å². The molecule has 1 aliphatic heterocycles. The smallest absolute Gasteiger partial charge is 0.0956 e. The van der Waals surface area contributed by atoms with Gasteiger partial charge >= 0.3 is 0 Å². The van der Waals surface area contributed by atoms with Gasteiger partial charge < -0.3 is 4.57 Å². The highest BCUT2D eigenvalue weighted by molar-refractivity contribution is 5.79. The van der Waals surface area contributed by atoms with E-state index in [0.717, 1.165) is 11.3 Å². The molecule has 0 aliphatic carbocycles. The van der Waals surface area contributed by atoms with Gasteiger partial charge in [-0.05, 0) is 12.5 Å². The predicted molar refractivity (Wildman–Crippen MR) is 63.4 cm³/mol. The molecule has 2 heterocycles. The van der Waals surface area contributed by atoms with E-state index in [4.69, 9.17) is 0 Å². The molecule has 1 aromatic rings. The topological polar surface area (TPSA) is 17.8 Å². The minimum Gasteiger partial charge on any atom is -0.323 e. The molecule has 2 nitrogen and oxygen atoms in total. The maximum Gasteiger partial charge on any atom is 0.0956 e. The lowest BCUT2D eigenvalue weighted by Crippen LogP contribution is -2.00. The zero-order chi connectivity index (χ0) is 10.8. The lowest BCUT2D eigenvalue weighted by Gasteiger charge is -2.08. The maximum absolute atomic E-state index is 4.14. The Labute approximate surface area is 90.0 Å². The minimum absolute atomic E-state index is 0.326. The SMILES string of the molecule is C=C/C=C\C1=C(C=C)c2cncn2C1C. The van der Waals surface area contributed by atoms with E-state index in [1.165, 1.54) is 5.57 Å². The molecule has 0 spiro atoms. The summed E-state index contributed by atoms with van der Waals surface area (Å²) in [6, 6.07) is 0.326. The van der Waals surface area contributed by atoms with Gasteiger partial charge in [-0.1, -0.05) is 37.5 Å². The Bertz CT molecular complexity index is 461. The third-order valence-electron chi connectivity index (χ3n) is 2.74. The average Bonchev–Trinajstić information content (AvgIpc) is 2.79. The molecule has 0 aromatic carbocycles. The number of allylic oxidation sites excluding steroid dienone is 6. The van der Waals surface area contributed by atoms with E-state index >= 15 is 0 Å². The van der Waals surface area contributed by atoms with Crippen LogP contribution in [0.5, 0.6) is 0 Å². The van der Waals surface area contributed by atoms with Crippen molar-refractivity contribution in [3.05, 3.63) is 61.3 Å². The van der Waals surface area contributed by atoms with Crippen LogP contribution in [0.25, 0.3) is 5.57 Å². The molecule has 0 fully saturated rings. The summed E-state index contributed by atoms with van der Waals surface area (Å²) < 4.78 is 2.15. The Morgan fingerprint density at radius 1 is 1.47 bits per heavy atom. The van der Waals surface area contributed by atoms with Gasteiger partial charge in [0.25, 0.3) is 0 Å². The van der Waals surface area contributed by atoms with Crippen LogP contribution in [0.2, 0.25) is 0 Å². The number of imidazole rings is 1. The molecule has 0 amide bonds. The van der Waals surface area contributed by atoms with Crippen molar-refractivity contribution in [1.82, 2.24) is 9.55 Å². The van der Waals surface area contributed by atoms with Crippen LogP contribution in [-0.2, 0) is 0 Å². The Hall–Kier alpha value is -1.83. The lowest BCUT2D eigenvalue weighted by molar-refractivity contribution is 0.655. The quantitative estimate of drug-likeness (QED) is 0.682. The van der Waals surface area contributed by atoms with Crippen LogP contribution in [-0.4, -0.2) is 9.55 Å². The largest absolute Gasteiger partial charge is 0.323 e. The second-order valence-electron chi connectivity index (χ2n) is 3.53. The van der Waals surface area contributed by atoms with Crippen molar-refractivity contribution in [2.45, 2.75) is 13.0 Å². The molecule has 1 aromatic heterocycles. The van der Waals surface area contributed by atoms with Gasteiger partial charge in [-0.25, -0.2) is 4.98 Å². The summed E-state index contributed by atoms with van der Waals surface area (Å²) in [5.74, 6) is 0. The fraction of sp³-hybridized carbons (Fsp3) is 0.154. The molecule has 15 heavy (non-hydrogen) atoms. The molecule has 1 aliphatic rings. The van der Waals surface area contributed by atoms with Gasteiger partial charge in [-0.15, -0.1) is 0 Å². The number of hydrogen-bond donors (Lipinski definition) is 0. The molecular weight excluding hydrogens is 184 g/mol. The summed E-state index contributed by atoms with van der Waals surface area (Å²) in [5, 5.41) is 0. The highest BCUT2D eigenvalue weighted by atomic mass is 15.1. The van der Waals surface area contributed by atoms with E-state index in [-0.39, 0.29) is 0 Å². The second kappa shape index (κ2) is 3.73. The summed E-state index contributed by atoms with van der Waals surface area (Å²) in [7, 11) is 0. The van der Waals surface area contributed by atoms with Gasteiger partial charge in [0, 0.05) is 5.57 Å². The standard InChI is InChI=1S/C13H14N2/c1-4-6-7-12-10(3)15-9-14-8-13(15)11(12)5-2/h4-10H,1-2H2,3H3/b7-6-. The molecule has 1 atom stereocenters. The first-order chi connectivity index (χ1) is 7.29. The van der Waals surface area contributed by atoms with Crippen LogP contribution in [0.15, 0.2) is 55.6 Å². The maximum atomic E-state index is 4.14. The van der Waals surface area contributed by atoms with Crippen LogP contribution in [0.3, 0.4) is 0 Å². The fourth-order valence-corrected chi connectivity index (χ4v) is 1.97. The van der Waals surface area contributed by atoms with Crippen LogP contribution in [0.4, 0.5) is 0 Å². The Balaban J connectivity index is 2.53. The number of rotatable bonds is 3. The van der Waals surface area contributed by atoms with E-state index in [0.29, 0.717) is 6.04 Å². The van der Waals surface area contributed by atoms with Crippen molar-refractivity contribution in [2.24, 2.45) is 0 Å². The van der Waals surface area contributed by atoms with E-state index in [1.807, 2.05) is 24.7 Å². The van der Waals surface area contributed by atoms with E-state index in [1.54, 1.807) is 6.08 Å². The second-order valence-corrected chi connectivity index (χ2v) is 3.53. The van der Waals surface area contributed by atoms with Gasteiger partial charge in [0.1, 0.15) is 0 Å². The molecule has 76 valence electrons. The number of nitrogens with zero attached hydrogens (tertiary/aromatic N) is 2. The average molecular weight is 198 g/mol. The Morgan fingerprint density at radius 3 is 2.93 bits per heavy atom. The Morgan fingerprint density at radius 2 is 2.27 bits per heavy atom. The molecule has 0 radical (unpaired) electrons. The van der Waals surface area contributed by atoms with E-state index < -0.39 is 0 Å². The predicted octanol–water partition coefficient (Wildman–Crippen LogP) is 3.14. The highest BCUT2D eigenvalue weighted by Gasteiger charge is 2.24. The van der Waals surface area contributed by atoms with Crippen LogP contribution >= 0.6 is 0 Å². The van der Waals surface area contributed by atoms with E-state index in [9.17, 15) is 0 Å². The third-order valence-corrected chi connectivity index (χ3v) is 2.74. The normalized spacial score (nSPS) is 19.7. The monoisotopic (exact) mass is 198 g/mol. The zero-order valence-corrected chi connectivity index (χ0v) is 8.85. The van der Waals surface area contributed by atoms with Gasteiger partial charge in [-0.3, -0.25) is 0 Å². The first-order valence-electron chi connectivity index (χ1n) is 4.97. The minimum atomic E-state index is 0.326. The molecule has 0 N–H and O–H groups in total. The van der Waals surface area contributed by atoms with Crippen molar-refractivity contribution < 1.29 is 0 Å². The first-order valence-corrected chi connectivity index (χ1v) is 4.97. The lowest BCUT2D eigenvalue weighted by atomic mass is 10.0. The van der Waals surface area contributed by atoms with Crippen LogP contribution in [0, 0.1) is 0 Å². The summed E-state index contributed by atoms with van der Waals surface area (Å²) in [4.78, 5) is 4.14. The van der Waals surface area contributed by atoms with Crippen molar-refractivity contribution in [3.8, 4) is 0 Å².